The Morgan fingerprint density at radius 1 is 0.804 bits per heavy atom. The summed E-state index contributed by atoms with van der Waals surface area (Å²) in [5.74, 6) is -3.25. The summed E-state index contributed by atoms with van der Waals surface area (Å²) in [6.45, 7) is 5.36. The number of hydrogen-bond acceptors (Lipinski definition) is 10. The minimum absolute atomic E-state index is 0.0632. The van der Waals surface area contributed by atoms with E-state index in [2.05, 4.69) is 36.9 Å². The summed E-state index contributed by atoms with van der Waals surface area (Å²) in [5.41, 5.74) is 15.7. The van der Waals surface area contributed by atoms with Crippen molar-refractivity contribution in [3.05, 3.63) is 0 Å². The molecule has 1 fully saturated rings. The molecule has 8 amide bonds. The van der Waals surface area contributed by atoms with Crippen molar-refractivity contribution in [1.82, 2.24) is 36.8 Å². The number of hydrogen-bond donors (Lipinski definition) is 9. The summed E-state index contributed by atoms with van der Waals surface area (Å²) >= 11 is 1.34. The zero-order chi connectivity index (χ0) is 38.3. The third-order valence-electron chi connectivity index (χ3n) is 7.37. The number of likely N-dealkylation sites (N-methyl/N-ethyl adjacent to an activating group) is 1. The highest BCUT2D eigenvalue weighted by atomic mass is 32.2. The third kappa shape index (κ3) is 19.4. The smallest absolute Gasteiger partial charge is 0.245 e. The molecule has 0 aromatic carbocycles. The molecular weight excluding hydrogens is 686 g/mol. The van der Waals surface area contributed by atoms with Crippen LogP contribution in [-0.2, 0) is 38.4 Å². The van der Waals surface area contributed by atoms with Gasteiger partial charge in [0.2, 0.25) is 47.3 Å². The first-order valence-corrected chi connectivity index (χ1v) is 18.2. The molecule has 0 aromatic rings. The molecule has 0 radical (unpaired) electrons. The SMILES string of the molecule is CCNC(=O)[C@@H](CCCN=C(N)N)NC(=O)[C@@H]1CCCN1C(=O)[C@H](CCSCCC(=O)NCC(=O)NCC(N)=O)NC(=O)CNC(=O)CC(C)C. The number of guanidine groups is 1. The van der Waals surface area contributed by atoms with E-state index in [-0.39, 0.29) is 82.1 Å². The van der Waals surface area contributed by atoms with Crippen LogP contribution in [0.4, 0.5) is 0 Å². The maximum absolute atomic E-state index is 13.9. The number of nitrogens with one attached hydrogen (secondary N) is 6. The fraction of sp³-hybridized carbons (Fsp3) is 0.710. The molecule has 0 aromatic heterocycles. The first kappa shape index (κ1) is 44.4. The van der Waals surface area contributed by atoms with Gasteiger partial charge in [-0.15, -0.1) is 0 Å². The normalized spacial score (nSPS) is 14.8. The van der Waals surface area contributed by atoms with Gasteiger partial charge in [-0.3, -0.25) is 43.3 Å². The van der Waals surface area contributed by atoms with Crippen LogP contribution < -0.4 is 49.1 Å². The van der Waals surface area contributed by atoms with Crippen LogP contribution in [0.5, 0.6) is 0 Å². The lowest BCUT2D eigenvalue weighted by Crippen LogP contribution is -2.57. The topological polar surface area (TPSA) is 302 Å². The number of thioether (sulfide) groups is 1. The lowest BCUT2D eigenvalue weighted by atomic mass is 10.1. The highest BCUT2D eigenvalue weighted by Gasteiger charge is 2.38. The second-order valence-electron chi connectivity index (χ2n) is 12.3. The van der Waals surface area contributed by atoms with Crippen LogP contribution in [0.1, 0.15) is 65.7 Å². The van der Waals surface area contributed by atoms with Crippen LogP contribution in [-0.4, -0.2) is 127 Å². The Morgan fingerprint density at radius 3 is 2.12 bits per heavy atom. The Kier molecular flexibility index (Phi) is 21.3. The fourth-order valence-electron chi connectivity index (χ4n) is 4.95. The van der Waals surface area contributed by atoms with Gasteiger partial charge in [-0.1, -0.05) is 13.8 Å². The van der Waals surface area contributed by atoms with E-state index >= 15 is 0 Å². The van der Waals surface area contributed by atoms with E-state index < -0.39 is 53.6 Å². The predicted octanol–water partition coefficient (Wildman–Crippen LogP) is -3.47. The van der Waals surface area contributed by atoms with Crippen molar-refractivity contribution in [2.75, 3.05) is 50.8 Å². The highest BCUT2D eigenvalue weighted by Crippen LogP contribution is 2.21. The molecular formula is C31H55N11O8S. The van der Waals surface area contributed by atoms with E-state index in [4.69, 9.17) is 17.2 Å². The lowest BCUT2D eigenvalue weighted by molar-refractivity contribution is -0.142. The molecule has 1 aliphatic heterocycles. The molecule has 19 nitrogen and oxygen atoms in total. The van der Waals surface area contributed by atoms with Crippen molar-refractivity contribution >= 4 is 65.0 Å². The molecule has 12 N–H and O–H groups in total. The van der Waals surface area contributed by atoms with Crippen molar-refractivity contribution in [2.24, 2.45) is 28.1 Å². The first-order valence-electron chi connectivity index (χ1n) is 17.0. The van der Waals surface area contributed by atoms with E-state index in [1.165, 1.54) is 16.7 Å². The number of likely N-dealkylation sites (tertiary alicyclic amines) is 1. The Morgan fingerprint density at radius 2 is 1.47 bits per heavy atom. The van der Waals surface area contributed by atoms with Crippen LogP contribution in [0.3, 0.4) is 0 Å². The van der Waals surface area contributed by atoms with Gasteiger partial charge in [0, 0.05) is 38.2 Å². The number of aliphatic imine (C=N–C) groups is 1. The standard InChI is InChI=1S/C31H55N11O8S/c1-4-35-28(48)20(7-5-11-36-31(33)34)41-29(49)22-8-6-12-42(22)30(50)21(40-27(47)18-39-25(45)15-19(2)3)9-13-51-14-10-24(44)38-17-26(46)37-16-23(32)43/h19-22H,4-18H2,1-3H3,(H2,32,43)(H,35,48)(H,37,46)(H,38,44)(H,39,45)(H,40,47)(H,41,49)(H4,33,34,36)/t20-,21+,22+/m1/s1. The van der Waals surface area contributed by atoms with Gasteiger partial charge in [-0.2, -0.15) is 11.8 Å². The van der Waals surface area contributed by atoms with Gasteiger partial charge in [0.15, 0.2) is 5.96 Å². The molecule has 0 saturated carbocycles. The average molecular weight is 742 g/mol. The van der Waals surface area contributed by atoms with Crippen LogP contribution in [0.2, 0.25) is 0 Å². The highest BCUT2D eigenvalue weighted by molar-refractivity contribution is 7.99. The average Bonchev–Trinajstić information content (AvgIpc) is 3.55. The number of amides is 8. The predicted molar refractivity (Wildman–Crippen MR) is 191 cm³/mol. The van der Waals surface area contributed by atoms with Crippen LogP contribution in [0.25, 0.3) is 0 Å². The number of carbonyl (C=O) groups excluding carboxylic acids is 8. The zero-order valence-corrected chi connectivity index (χ0v) is 30.5. The third-order valence-corrected chi connectivity index (χ3v) is 8.39. The molecule has 0 aliphatic carbocycles. The van der Waals surface area contributed by atoms with Gasteiger partial charge in [-0.05, 0) is 50.7 Å². The number of carbonyl (C=O) groups is 8. The van der Waals surface area contributed by atoms with Crippen LogP contribution in [0.15, 0.2) is 4.99 Å². The van der Waals surface area contributed by atoms with Gasteiger partial charge < -0.3 is 54.0 Å². The summed E-state index contributed by atoms with van der Waals surface area (Å²) in [6.07, 6.45) is 2.00. The summed E-state index contributed by atoms with van der Waals surface area (Å²) < 4.78 is 0. The fourth-order valence-corrected chi connectivity index (χ4v) is 5.89. The molecule has 288 valence electrons. The molecule has 3 atom stereocenters. The maximum atomic E-state index is 13.9. The van der Waals surface area contributed by atoms with E-state index in [0.717, 1.165) is 0 Å². The van der Waals surface area contributed by atoms with Crippen molar-refractivity contribution in [3.63, 3.8) is 0 Å². The maximum Gasteiger partial charge on any atom is 0.245 e. The van der Waals surface area contributed by atoms with E-state index in [1.54, 1.807) is 6.92 Å². The van der Waals surface area contributed by atoms with Crippen LogP contribution in [0, 0.1) is 5.92 Å². The minimum atomic E-state index is -1.04. The largest absolute Gasteiger partial charge is 0.370 e. The molecule has 1 saturated heterocycles. The Labute approximate surface area is 302 Å². The van der Waals surface area contributed by atoms with E-state index in [9.17, 15) is 38.4 Å². The quantitative estimate of drug-likeness (QED) is 0.0266. The zero-order valence-electron chi connectivity index (χ0n) is 29.7. The van der Waals surface area contributed by atoms with Gasteiger partial charge in [0.1, 0.15) is 18.1 Å². The number of rotatable bonds is 24. The number of nitrogens with zero attached hydrogens (tertiary/aromatic N) is 2. The van der Waals surface area contributed by atoms with Gasteiger partial charge >= 0.3 is 0 Å². The first-order chi connectivity index (χ1) is 24.1. The van der Waals surface area contributed by atoms with E-state index in [0.29, 0.717) is 37.3 Å². The number of primary amides is 1. The monoisotopic (exact) mass is 741 g/mol. The summed E-state index contributed by atoms with van der Waals surface area (Å²) in [6, 6.07) is -2.80. The molecule has 0 spiro atoms. The van der Waals surface area contributed by atoms with Crippen molar-refractivity contribution in [3.8, 4) is 0 Å². The molecule has 1 aliphatic rings. The molecule has 51 heavy (non-hydrogen) atoms. The summed E-state index contributed by atoms with van der Waals surface area (Å²) in [7, 11) is 0. The molecule has 20 heteroatoms. The molecule has 0 bridgehead atoms. The summed E-state index contributed by atoms with van der Waals surface area (Å²) in [4.78, 5) is 105. The minimum Gasteiger partial charge on any atom is -0.370 e. The Bertz CT molecular complexity index is 1250. The van der Waals surface area contributed by atoms with Gasteiger partial charge in [0.05, 0.1) is 19.6 Å². The van der Waals surface area contributed by atoms with E-state index in [1.807, 2.05) is 13.8 Å². The second-order valence-corrected chi connectivity index (χ2v) is 13.5. The van der Waals surface area contributed by atoms with Crippen molar-refractivity contribution in [1.29, 1.82) is 0 Å². The lowest BCUT2D eigenvalue weighted by Gasteiger charge is -2.30. The molecule has 1 heterocycles. The van der Waals surface area contributed by atoms with Crippen molar-refractivity contribution < 1.29 is 38.4 Å². The summed E-state index contributed by atoms with van der Waals surface area (Å²) in [5, 5.41) is 15.4. The second kappa shape index (κ2) is 24.5. The van der Waals surface area contributed by atoms with Gasteiger partial charge in [0.25, 0.3) is 0 Å². The Hall–Kier alpha value is -4.62. The Balaban J connectivity index is 2.91. The molecule has 1 rings (SSSR count). The molecule has 0 unspecified atom stereocenters. The van der Waals surface area contributed by atoms with Gasteiger partial charge in [-0.25, -0.2) is 0 Å². The number of nitrogens with two attached hydrogens (primary N) is 3. The van der Waals surface area contributed by atoms with Crippen LogP contribution >= 0.6 is 11.8 Å². The van der Waals surface area contributed by atoms with Crippen molar-refractivity contribution in [2.45, 2.75) is 83.8 Å².